The molecule has 6 nitrogen and oxygen atoms in total. The molecule has 21 heavy (non-hydrogen) atoms. The van der Waals surface area contributed by atoms with E-state index < -0.39 is 0 Å². The summed E-state index contributed by atoms with van der Waals surface area (Å²) in [4.78, 5) is 26.6. The molecule has 1 aliphatic rings. The van der Waals surface area contributed by atoms with E-state index in [0.29, 0.717) is 26.3 Å². The molecule has 2 heterocycles. The molecule has 0 unspecified atom stereocenters. The monoisotopic (exact) mass is 287 g/mol. The predicted octanol–water partition coefficient (Wildman–Crippen LogP) is 0.434. The van der Waals surface area contributed by atoms with Crippen LogP contribution in [0.25, 0.3) is 10.9 Å². The fourth-order valence-corrected chi connectivity index (χ4v) is 2.49. The zero-order valence-electron chi connectivity index (χ0n) is 11.6. The third-order valence-electron chi connectivity index (χ3n) is 3.48. The summed E-state index contributed by atoms with van der Waals surface area (Å²) >= 11 is 0. The predicted molar refractivity (Wildman–Crippen MR) is 78.8 cm³/mol. The Morgan fingerprint density at radius 2 is 2.05 bits per heavy atom. The Labute approximate surface area is 121 Å². The van der Waals surface area contributed by atoms with Crippen LogP contribution in [0.2, 0.25) is 0 Å². The van der Waals surface area contributed by atoms with E-state index in [1.807, 2.05) is 29.3 Å². The number of rotatable bonds is 3. The van der Waals surface area contributed by atoms with E-state index in [9.17, 15) is 9.59 Å². The first kappa shape index (κ1) is 13.8. The molecular formula is C15H17N3O3. The Balaban J connectivity index is 1.77. The van der Waals surface area contributed by atoms with Crippen LogP contribution >= 0.6 is 0 Å². The number of carbonyl (C=O) groups excluding carboxylic acids is 1. The van der Waals surface area contributed by atoms with Crippen molar-refractivity contribution >= 4 is 16.8 Å². The second kappa shape index (κ2) is 6.07. The molecule has 1 aromatic carbocycles. The van der Waals surface area contributed by atoms with Crippen molar-refractivity contribution in [3.05, 3.63) is 46.2 Å². The topological polar surface area (TPSA) is 74.4 Å². The maximum absolute atomic E-state index is 12.1. The zero-order valence-corrected chi connectivity index (χ0v) is 11.6. The maximum atomic E-state index is 12.1. The first-order valence-electron chi connectivity index (χ1n) is 6.95. The molecule has 110 valence electrons. The van der Waals surface area contributed by atoms with Gasteiger partial charge in [0, 0.05) is 30.1 Å². The summed E-state index contributed by atoms with van der Waals surface area (Å²) in [6.45, 7) is 2.60. The van der Waals surface area contributed by atoms with Crippen LogP contribution in [0, 0.1) is 0 Å². The van der Waals surface area contributed by atoms with Gasteiger partial charge in [0.15, 0.2) is 0 Å². The Morgan fingerprint density at radius 1 is 1.29 bits per heavy atom. The average molecular weight is 287 g/mol. The quantitative estimate of drug-likeness (QED) is 0.859. The lowest BCUT2D eigenvalue weighted by molar-refractivity contribution is -0.127. The molecule has 0 radical (unpaired) electrons. The van der Waals surface area contributed by atoms with E-state index in [1.54, 1.807) is 0 Å². The highest BCUT2D eigenvalue weighted by molar-refractivity contribution is 5.87. The Bertz CT molecular complexity index is 705. The molecule has 0 spiro atoms. The highest BCUT2D eigenvalue weighted by Crippen LogP contribution is 2.14. The van der Waals surface area contributed by atoms with Gasteiger partial charge in [-0.05, 0) is 11.6 Å². The van der Waals surface area contributed by atoms with Crippen molar-refractivity contribution in [3.63, 3.8) is 0 Å². The van der Waals surface area contributed by atoms with Gasteiger partial charge in [-0.3, -0.25) is 15.0 Å². The summed E-state index contributed by atoms with van der Waals surface area (Å²) in [5.74, 6) is -0.118. The number of aromatic amines is 1. The fraction of sp³-hybridized carbons (Fsp3) is 0.333. The van der Waals surface area contributed by atoms with Crippen LogP contribution < -0.4 is 11.0 Å². The molecule has 0 aliphatic carbocycles. The van der Waals surface area contributed by atoms with Crippen molar-refractivity contribution in [2.24, 2.45) is 0 Å². The minimum Gasteiger partial charge on any atom is -0.379 e. The lowest BCUT2D eigenvalue weighted by Gasteiger charge is -2.27. The minimum atomic E-state index is -0.192. The number of hydrogen-bond acceptors (Lipinski definition) is 4. The van der Waals surface area contributed by atoms with Crippen molar-refractivity contribution in [1.29, 1.82) is 0 Å². The van der Waals surface area contributed by atoms with Gasteiger partial charge in [-0.15, -0.1) is 0 Å². The lowest BCUT2D eigenvalue weighted by atomic mass is 10.1. The molecule has 1 fully saturated rings. The molecule has 1 aliphatic heterocycles. The smallest absolute Gasteiger partial charge is 0.248 e. The molecule has 1 aromatic heterocycles. The second-order valence-corrected chi connectivity index (χ2v) is 5.02. The number of ether oxygens (including phenoxy) is 1. The number of morpholine rings is 1. The molecule has 0 bridgehead atoms. The number of H-pyrrole nitrogens is 1. The maximum Gasteiger partial charge on any atom is 0.248 e. The summed E-state index contributed by atoms with van der Waals surface area (Å²) < 4.78 is 5.23. The van der Waals surface area contributed by atoms with E-state index in [2.05, 4.69) is 10.4 Å². The van der Waals surface area contributed by atoms with E-state index >= 15 is 0 Å². The van der Waals surface area contributed by atoms with Gasteiger partial charge >= 0.3 is 0 Å². The number of hydrazine groups is 1. The molecule has 2 N–H and O–H groups in total. The van der Waals surface area contributed by atoms with Gasteiger partial charge < -0.3 is 9.72 Å². The molecule has 1 saturated heterocycles. The number of pyridine rings is 1. The summed E-state index contributed by atoms with van der Waals surface area (Å²) in [7, 11) is 0. The normalized spacial score (nSPS) is 16.0. The molecule has 3 rings (SSSR count). The van der Waals surface area contributed by atoms with Gasteiger partial charge in [-0.2, -0.15) is 0 Å². The van der Waals surface area contributed by atoms with Crippen LogP contribution in [-0.2, 0) is 16.0 Å². The number of amides is 1. The number of benzene rings is 1. The molecular weight excluding hydrogens is 270 g/mol. The fourth-order valence-electron chi connectivity index (χ4n) is 2.49. The molecule has 1 amide bonds. The van der Waals surface area contributed by atoms with E-state index in [0.717, 1.165) is 16.5 Å². The van der Waals surface area contributed by atoms with Crippen molar-refractivity contribution < 1.29 is 9.53 Å². The van der Waals surface area contributed by atoms with Crippen LogP contribution in [0.15, 0.2) is 35.1 Å². The number of nitrogens with one attached hydrogen (secondary N) is 2. The van der Waals surface area contributed by atoms with Crippen LogP contribution in [0.3, 0.4) is 0 Å². The standard InChI is InChI=1S/C15H17N3O3/c19-14-9-11(12-3-1-2-4-13(12)16-14)10-15(20)17-18-5-7-21-8-6-18/h1-4,9H,5-8,10H2,(H,16,19)(H,17,20). The number of fused-ring (bicyclic) bond motifs is 1. The highest BCUT2D eigenvalue weighted by Gasteiger charge is 2.14. The van der Waals surface area contributed by atoms with Crippen molar-refractivity contribution in [2.45, 2.75) is 6.42 Å². The molecule has 2 aromatic rings. The van der Waals surface area contributed by atoms with Gasteiger partial charge in [0.1, 0.15) is 0 Å². The van der Waals surface area contributed by atoms with Gasteiger partial charge in [-0.25, -0.2) is 5.01 Å². The average Bonchev–Trinajstić information content (AvgIpc) is 2.48. The van der Waals surface area contributed by atoms with Crippen molar-refractivity contribution in [3.8, 4) is 0 Å². The van der Waals surface area contributed by atoms with E-state index in [4.69, 9.17) is 4.74 Å². The summed E-state index contributed by atoms with van der Waals surface area (Å²) in [6.07, 6.45) is 0.182. The van der Waals surface area contributed by atoms with E-state index in [-0.39, 0.29) is 17.9 Å². The first-order chi connectivity index (χ1) is 10.2. The minimum absolute atomic E-state index is 0.118. The van der Waals surface area contributed by atoms with Gasteiger partial charge in [0.25, 0.3) is 0 Å². The number of nitrogens with zero attached hydrogens (tertiary/aromatic N) is 1. The third kappa shape index (κ3) is 3.29. The Kier molecular flexibility index (Phi) is 3.98. The molecule has 0 atom stereocenters. The zero-order chi connectivity index (χ0) is 14.7. The van der Waals surface area contributed by atoms with Crippen LogP contribution in [-0.4, -0.2) is 42.2 Å². The molecule has 6 heteroatoms. The van der Waals surface area contributed by atoms with Gasteiger partial charge in [0.2, 0.25) is 11.5 Å². The number of hydrogen-bond donors (Lipinski definition) is 2. The largest absolute Gasteiger partial charge is 0.379 e. The van der Waals surface area contributed by atoms with Crippen LogP contribution in [0.5, 0.6) is 0 Å². The van der Waals surface area contributed by atoms with Gasteiger partial charge in [-0.1, -0.05) is 18.2 Å². The van der Waals surface area contributed by atoms with Gasteiger partial charge in [0.05, 0.1) is 19.6 Å². The summed E-state index contributed by atoms with van der Waals surface area (Å²) in [5.41, 5.74) is 4.15. The SMILES string of the molecule is O=C(Cc1cc(=O)[nH]c2ccccc12)NN1CCOCC1. The molecule has 0 saturated carbocycles. The number of aromatic nitrogens is 1. The van der Waals surface area contributed by atoms with Crippen molar-refractivity contribution in [1.82, 2.24) is 15.4 Å². The highest BCUT2D eigenvalue weighted by atomic mass is 16.5. The lowest BCUT2D eigenvalue weighted by Crippen LogP contribution is -2.48. The summed E-state index contributed by atoms with van der Waals surface area (Å²) in [6, 6.07) is 8.98. The van der Waals surface area contributed by atoms with Crippen molar-refractivity contribution in [2.75, 3.05) is 26.3 Å². The second-order valence-electron chi connectivity index (χ2n) is 5.02. The van der Waals surface area contributed by atoms with E-state index in [1.165, 1.54) is 6.07 Å². The number of para-hydroxylation sites is 1. The third-order valence-corrected chi connectivity index (χ3v) is 3.48. The van der Waals surface area contributed by atoms with Crippen LogP contribution in [0.4, 0.5) is 0 Å². The number of carbonyl (C=O) groups is 1. The first-order valence-corrected chi connectivity index (χ1v) is 6.95. The van der Waals surface area contributed by atoms with Crippen LogP contribution in [0.1, 0.15) is 5.56 Å². The Morgan fingerprint density at radius 3 is 2.86 bits per heavy atom. The Hall–Kier alpha value is -2.18. The summed E-state index contributed by atoms with van der Waals surface area (Å²) in [5, 5.41) is 2.75.